The number of hydrogen-bond donors (Lipinski definition) is 5. The van der Waals surface area contributed by atoms with E-state index in [1.54, 1.807) is 0 Å². The molecule has 7 N–H and O–H groups in total. The van der Waals surface area contributed by atoms with E-state index in [2.05, 4.69) is 10.5 Å². The van der Waals surface area contributed by atoms with Gasteiger partial charge < -0.3 is 26.4 Å². The maximum absolute atomic E-state index is 10.9. The van der Waals surface area contributed by atoms with Crippen molar-refractivity contribution >= 4 is 5.97 Å². The molecule has 0 radical (unpaired) electrons. The third kappa shape index (κ3) is 5.16. The molecule has 1 aliphatic rings. The highest BCUT2D eigenvalue weighted by Crippen LogP contribution is 2.06. The number of aromatic nitrogens is 1. The first-order chi connectivity index (χ1) is 9.56. The molecule has 1 aromatic rings. The predicted octanol–water partition coefficient (Wildman–Crippen LogP) is -0.859. The number of carbonyl (C=O) groups is 1. The molecule has 0 saturated heterocycles. The molecule has 0 spiro atoms. The van der Waals surface area contributed by atoms with E-state index in [4.69, 9.17) is 21.1 Å². The summed E-state index contributed by atoms with van der Waals surface area (Å²) in [5.41, 5.74) is 11.2. The van der Waals surface area contributed by atoms with Gasteiger partial charge >= 0.3 is 5.97 Å². The number of fused-ring (bicyclic) bond motifs is 1. The number of unbranched alkanes of at least 4 members (excludes halogenated alkanes) is 1. The summed E-state index contributed by atoms with van der Waals surface area (Å²) in [6.45, 7) is 2.15. The maximum Gasteiger partial charge on any atom is 0.320 e. The van der Waals surface area contributed by atoms with Crippen molar-refractivity contribution < 1.29 is 14.4 Å². The van der Waals surface area contributed by atoms with Crippen molar-refractivity contribution in [2.24, 2.45) is 11.5 Å². The standard InChI is InChI=1S/C6H8N2O2.C6H14N2O2/c9-6-4-1-2-7-3-5(4)10-8-6;7-4-2-1-3-5(8)6(9)10/h7H,1-3H2,(H,8,9);5H,1-4,7-8H2,(H,9,10)/t;5-/m.0/s1. The lowest BCUT2D eigenvalue weighted by Gasteiger charge is -2.07. The molecule has 0 saturated carbocycles. The summed E-state index contributed by atoms with van der Waals surface area (Å²) in [5, 5.41) is 13.7. The van der Waals surface area contributed by atoms with E-state index in [0.717, 1.165) is 37.1 Å². The van der Waals surface area contributed by atoms with Crippen molar-refractivity contribution in [3.05, 3.63) is 21.7 Å². The molecule has 0 bridgehead atoms. The molecule has 1 aliphatic heterocycles. The van der Waals surface area contributed by atoms with E-state index in [-0.39, 0.29) is 5.56 Å². The van der Waals surface area contributed by atoms with Gasteiger partial charge in [0.25, 0.3) is 5.56 Å². The Morgan fingerprint density at radius 1 is 1.45 bits per heavy atom. The summed E-state index contributed by atoms with van der Waals surface area (Å²) in [7, 11) is 0. The van der Waals surface area contributed by atoms with Crippen molar-refractivity contribution in [2.45, 2.75) is 38.3 Å². The Morgan fingerprint density at radius 2 is 2.20 bits per heavy atom. The number of nitrogens with one attached hydrogen (secondary N) is 2. The first-order valence-electron chi connectivity index (χ1n) is 6.64. The average molecular weight is 286 g/mol. The molecular weight excluding hydrogens is 264 g/mol. The Balaban J connectivity index is 0.000000200. The number of rotatable bonds is 5. The molecule has 2 rings (SSSR count). The summed E-state index contributed by atoms with van der Waals surface area (Å²) in [6.07, 6.45) is 2.94. The Bertz CT molecular complexity index is 468. The molecule has 114 valence electrons. The van der Waals surface area contributed by atoms with Crippen LogP contribution in [0.4, 0.5) is 0 Å². The van der Waals surface area contributed by atoms with Gasteiger partial charge in [-0.05, 0) is 32.4 Å². The van der Waals surface area contributed by atoms with Crippen molar-refractivity contribution in [3.8, 4) is 0 Å². The zero-order valence-corrected chi connectivity index (χ0v) is 11.4. The second-order valence-electron chi connectivity index (χ2n) is 4.59. The van der Waals surface area contributed by atoms with Crippen molar-refractivity contribution in [2.75, 3.05) is 13.1 Å². The molecule has 8 nitrogen and oxygen atoms in total. The van der Waals surface area contributed by atoms with Crippen LogP contribution in [0.1, 0.15) is 30.6 Å². The van der Waals surface area contributed by atoms with E-state index < -0.39 is 12.0 Å². The van der Waals surface area contributed by atoms with Crippen LogP contribution >= 0.6 is 0 Å². The van der Waals surface area contributed by atoms with Crippen LogP contribution in [0.5, 0.6) is 0 Å². The van der Waals surface area contributed by atoms with Gasteiger partial charge in [0.2, 0.25) is 0 Å². The Hall–Kier alpha value is -1.64. The van der Waals surface area contributed by atoms with E-state index in [1.165, 1.54) is 0 Å². The van der Waals surface area contributed by atoms with Crippen LogP contribution in [0.3, 0.4) is 0 Å². The largest absolute Gasteiger partial charge is 0.480 e. The minimum atomic E-state index is -0.933. The lowest BCUT2D eigenvalue weighted by molar-refractivity contribution is -0.138. The first kappa shape index (κ1) is 16.4. The van der Waals surface area contributed by atoms with Crippen molar-refractivity contribution in [3.63, 3.8) is 0 Å². The number of aliphatic carboxylic acids is 1. The van der Waals surface area contributed by atoms with Gasteiger partial charge in [-0.1, -0.05) is 6.42 Å². The van der Waals surface area contributed by atoms with Crippen LogP contribution in [0.15, 0.2) is 9.32 Å². The normalized spacial score (nSPS) is 14.9. The van der Waals surface area contributed by atoms with Crippen molar-refractivity contribution in [1.82, 2.24) is 10.5 Å². The lowest BCUT2D eigenvalue weighted by atomic mass is 10.1. The molecule has 1 aromatic heterocycles. The quantitative estimate of drug-likeness (QED) is 0.442. The third-order valence-corrected chi connectivity index (χ3v) is 3.00. The van der Waals surface area contributed by atoms with E-state index in [1.807, 2.05) is 0 Å². The number of nitrogens with two attached hydrogens (primary N) is 2. The predicted molar refractivity (Wildman–Crippen MR) is 73.3 cm³/mol. The number of aromatic amines is 1. The molecule has 0 fully saturated rings. The topological polar surface area (TPSA) is 147 Å². The summed E-state index contributed by atoms with van der Waals surface area (Å²) >= 11 is 0. The molecule has 0 aliphatic carbocycles. The number of hydrogen-bond acceptors (Lipinski definition) is 6. The van der Waals surface area contributed by atoms with Gasteiger partial charge in [-0.25, -0.2) is 0 Å². The Kier molecular flexibility index (Phi) is 6.99. The molecular formula is C12H22N4O4. The maximum atomic E-state index is 10.9. The fourth-order valence-electron chi connectivity index (χ4n) is 1.80. The minimum Gasteiger partial charge on any atom is -0.480 e. The SMILES string of the molecule is NCCCC[C@H](N)C(=O)O.O=c1[nH]oc2c1CCNC2. The molecule has 0 aromatic carbocycles. The van der Waals surface area contributed by atoms with Crippen LogP contribution in [0, 0.1) is 0 Å². The second kappa shape index (κ2) is 8.51. The molecule has 0 unspecified atom stereocenters. The van der Waals surface area contributed by atoms with Crippen molar-refractivity contribution in [1.29, 1.82) is 0 Å². The fourth-order valence-corrected chi connectivity index (χ4v) is 1.80. The lowest BCUT2D eigenvalue weighted by Crippen LogP contribution is -2.29. The highest BCUT2D eigenvalue weighted by atomic mass is 16.5. The second-order valence-corrected chi connectivity index (χ2v) is 4.59. The van der Waals surface area contributed by atoms with Gasteiger partial charge in [-0.3, -0.25) is 9.59 Å². The summed E-state index contributed by atoms with van der Waals surface area (Å²) < 4.78 is 4.89. The van der Waals surface area contributed by atoms with Crippen LogP contribution in [-0.4, -0.2) is 35.4 Å². The van der Waals surface area contributed by atoms with E-state index in [0.29, 0.717) is 19.5 Å². The number of H-pyrrole nitrogens is 1. The summed E-state index contributed by atoms with van der Waals surface area (Å²) in [4.78, 5) is 21.0. The smallest absolute Gasteiger partial charge is 0.320 e. The number of carboxylic acids is 1. The van der Waals surface area contributed by atoms with Crippen LogP contribution in [0.2, 0.25) is 0 Å². The minimum absolute atomic E-state index is 0.0727. The molecule has 1 atom stereocenters. The van der Waals surface area contributed by atoms with Gasteiger partial charge in [0, 0.05) is 0 Å². The third-order valence-electron chi connectivity index (χ3n) is 3.00. The van der Waals surface area contributed by atoms with Gasteiger partial charge in [-0.15, -0.1) is 0 Å². The fraction of sp³-hybridized carbons (Fsp3) is 0.667. The van der Waals surface area contributed by atoms with Gasteiger partial charge in [-0.2, -0.15) is 5.16 Å². The summed E-state index contributed by atoms with van der Waals surface area (Å²) in [5.74, 6) is -0.173. The van der Waals surface area contributed by atoms with Crippen LogP contribution in [-0.2, 0) is 17.8 Å². The number of carboxylic acid groups (broad SMARTS) is 1. The highest BCUT2D eigenvalue weighted by Gasteiger charge is 2.15. The first-order valence-corrected chi connectivity index (χ1v) is 6.64. The molecule has 8 heteroatoms. The Morgan fingerprint density at radius 3 is 2.80 bits per heavy atom. The highest BCUT2D eigenvalue weighted by molar-refractivity contribution is 5.72. The zero-order chi connectivity index (χ0) is 15.0. The van der Waals surface area contributed by atoms with Crippen LogP contribution in [0.25, 0.3) is 0 Å². The van der Waals surface area contributed by atoms with E-state index >= 15 is 0 Å². The average Bonchev–Trinajstić information content (AvgIpc) is 2.82. The van der Waals surface area contributed by atoms with Crippen LogP contribution < -0.4 is 22.3 Å². The Labute approximate surface area is 116 Å². The van der Waals surface area contributed by atoms with Gasteiger partial charge in [0.15, 0.2) is 5.76 Å². The van der Waals surface area contributed by atoms with E-state index in [9.17, 15) is 9.59 Å². The summed E-state index contributed by atoms with van der Waals surface area (Å²) in [6, 6.07) is -0.716. The van der Waals surface area contributed by atoms with Gasteiger partial charge in [0.1, 0.15) is 6.04 Å². The molecule has 0 amide bonds. The molecule has 2 heterocycles. The monoisotopic (exact) mass is 286 g/mol. The van der Waals surface area contributed by atoms with Gasteiger partial charge in [0.05, 0.1) is 12.1 Å². The zero-order valence-electron chi connectivity index (χ0n) is 11.4. The molecule has 20 heavy (non-hydrogen) atoms.